The monoisotopic (exact) mass is 424 g/mol. The largest absolute Gasteiger partial charge is 0.444 e. The highest BCUT2D eigenvalue weighted by Crippen LogP contribution is 2.55. The molecule has 0 aromatic heterocycles. The predicted octanol–water partition coefficient (Wildman–Crippen LogP) is 3.70. The number of carbonyl (C=O) groups excluding carboxylic acids is 2. The van der Waals surface area contributed by atoms with Crippen molar-refractivity contribution >= 4 is 19.6 Å². The maximum Gasteiger partial charge on any atom is 0.408 e. The molecular weight excluding hydrogens is 390 g/mol. The average Bonchev–Trinajstić information content (AvgIpc) is 3.11. The Morgan fingerprint density at radius 2 is 1.86 bits per heavy atom. The summed E-state index contributed by atoms with van der Waals surface area (Å²) >= 11 is 0. The van der Waals surface area contributed by atoms with Gasteiger partial charge in [-0.25, -0.2) is 9.18 Å². The van der Waals surface area contributed by atoms with Crippen molar-refractivity contribution in [1.29, 1.82) is 0 Å². The molecule has 1 aliphatic heterocycles. The molecule has 1 N–H and O–H groups in total. The molecule has 8 nitrogen and oxygen atoms in total. The minimum Gasteiger partial charge on any atom is -0.444 e. The van der Waals surface area contributed by atoms with Gasteiger partial charge in [-0.05, 0) is 39.5 Å². The Bertz CT molecular complexity index is 589. The van der Waals surface area contributed by atoms with Crippen LogP contribution in [0.5, 0.6) is 0 Å². The maximum absolute atomic E-state index is 15.0. The molecule has 0 spiro atoms. The summed E-state index contributed by atoms with van der Waals surface area (Å²) < 4.78 is 42.2. The molecule has 28 heavy (non-hydrogen) atoms. The Morgan fingerprint density at radius 3 is 2.32 bits per heavy atom. The summed E-state index contributed by atoms with van der Waals surface area (Å²) in [4.78, 5) is 26.7. The van der Waals surface area contributed by atoms with Crippen LogP contribution in [0.1, 0.15) is 53.9 Å². The van der Waals surface area contributed by atoms with E-state index in [9.17, 15) is 18.5 Å². The fraction of sp³-hybridized carbons (Fsp3) is 0.889. The number of amides is 2. The van der Waals surface area contributed by atoms with Crippen LogP contribution in [-0.2, 0) is 23.1 Å². The summed E-state index contributed by atoms with van der Waals surface area (Å²) in [7, 11) is -1.76. The number of hydrogen-bond donors (Lipinski definition) is 1. The second-order valence-electron chi connectivity index (χ2n) is 8.03. The molecule has 0 radical (unpaired) electrons. The number of halogens is 1. The number of nitrogens with one attached hydrogen (secondary N) is 1. The first-order valence-corrected chi connectivity index (χ1v) is 11.2. The van der Waals surface area contributed by atoms with E-state index in [-0.39, 0.29) is 5.92 Å². The van der Waals surface area contributed by atoms with Crippen molar-refractivity contribution in [3.05, 3.63) is 0 Å². The molecule has 1 aliphatic rings. The minimum atomic E-state index is -3.99. The van der Waals surface area contributed by atoms with Gasteiger partial charge in [0, 0.05) is 20.8 Å². The Labute approximate surface area is 167 Å². The lowest BCUT2D eigenvalue weighted by Gasteiger charge is -2.34. The van der Waals surface area contributed by atoms with Gasteiger partial charge < -0.3 is 24.0 Å². The molecule has 0 aromatic rings. The molecule has 0 aliphatic carbocycles. The Morgan fingerprint density at radius 1 is 1.29 bits per heavy atom. The van der Waals surface area contributed by atoms with E-state index in [2.05, 4.69) is 5.32 Å². The standard InChI is InChI=1S/C18H34FN2O6P/c1-8-12(2)14(20-17(23)27-18(3,4)5)16(22)21-11-9-10-13(21)15(19)28(24,25-6)26-7/h12-15H,8-11H2,1-7H3,(H,20,23)/t12-,13-,14-,15?/m0/s1. The van der Waals surface area contributed by atoms with Crippen molar-refractivity contribution in [3.8, 4) is 0 Å². The highest BCUT2D eigenvalue weighted by Gasteiger charge is 2.48. The number of ether oxygens (including phenoxy) is 1. The molecule has 1 unspecified atom stereocenters. The molecule has 1 rings (SSSR count). The van der Waals surface area contributed by atoms with Gasteiger partial charge >= 0.3 is 13.7 Å². The van der Waals surface area contributed by atoms with Gasteiger partial charge in [-0.3, -0.25) is 9.36 Å². The van der Waals surface area contributed by atoms with Crippen molar-refractivity contribution in [2.45, 2.75) is 77.5 Å². The van der Waals surface area contributed by atoms with Crippen LogP contribution in [0, 0.1) is 5.92 Å². The van der Waals surface area contributed by atoms with E-state index in [1.54, 1.807) is 20.8 Å². The number of rotatable bonds is 8. The lowest BCUT2D eigenvalue weighted by atomic mass is 9.97. The van der Waals surface area contributed by atoms with Crippen molar-refractivity contribution < 1.29 is 32.3 Å². The lowest BCUT2D eigenvalue weighted by molar-refractivity contribution is -0.136. The molecule has 1 heterocycles. The molecule has 1 fully saturated rings. The molecule has 0 aromatic carbocycles. The number of nitrogens with zero attached hydrogens (tertiary/aromatic N) is 1. The molecular formula is C18H34FN2O6P. The zero-order valence-electron chi connectivity index (χ0n) is 17.9. The smallest absolute Gasteiger partial charge is 0.408 e. The SMILES string of the molecule is CC[C@H](C)[C@H](NC(=O)OC(C)(C)C)C(=O)N1CCC[C@H]1C(F)P(=O)(OC)OC. The van der Waals surface area contributed by atoms with Crippen molar-refractivity contribution in [3.63, 3.8) is 0 Å². The van der Waals surface area contributed by atoms with Crippen LogP contribution in [-0.4, -0.2) is 61.3 Å². The highest BCUT2D eigenvalue weighted by molar-refractivity contribution is 7.54. The molecule has 0 saturated carbocycles. The van der Waals surface area contributed by atoms with E-state index in [1.807, 2.05) is 13.8 Å². The van der Waals surface area contributed by atoms with E-state index in [1.165, 1.54) is 4.90 Å². The van der Waals surface area contributed by atoms with Crippen LogP contribution in [0.15, 0.2) is 0 Å². The van der Waals surface area contributed by atoms with Gasteiger partial charge in [-0.1, -0.05) is 20.3 Å². The molecule has 0 bridgehead atoms. The number of carbonyl (C=O) groups is 2. The van der Waals surface area contributed by atoms with Crippen LogP contribution < -0.4 is 5.32 Å². The normalized spacial score (nSPS) is 21.1. The Balaban J connectivity index is 3.03. The average molecular weight is 424 g/mol. The number of hydrogen-bond acceptors (Lipinski definition) is 6. The predicted molar refractivity (Wildman–Crippen MR) is 104 cm³/mol. The molecule has 1 saturated heterocycles. The van der Waals surface area contributed by atoms with Gasteiger partial charge in [-0.15, -0.1) is 0 Å². The number of alkyl halides is 1. The minimum absolute atomic E-state index is 0.198. The van der Waals surface area contributed by atoms with Crippen LogP contribution in [0.2, 0.25) is 0 Å². The molecule has 164 valence electrons. The third-order valence-corrected chi connectivity index (χ3v) is 6.83. The Kier molecular flexibility index (Phi) is 8.91. The summed E-state index contributed by atoms with van der Waals surface area (Å²) in [6.45, 7) is 9.20. The quantitative estimate of drug-likeness (QED) is 0.597. The summed E-state index contributed by atoms with van der Waals surface area (Å²) in [6, 6.07) is -1.82. The van der Waals surface area contributed by atoms with Crippen LogP contribution in [0.3, 0.4) is 0 Å². The fourth-order valence-electron chi connectivity index (χ4n) is 3.14. The zero-order chi connectivity index (χ0) is 21.7. The third kappa shape index (κ3) is 6.16. The maximum atomic E-state index is 15.0. The van der Waals surface area contributed by atoms with Crippen molar-refractivity contribution in [2.24, 2.45) is 5.92 Å². The van der Waals surface area contributed by atoms with Crippen LogP contribution in [0.4, 0.5) is 9.18 Å². The molecule has 2 amide bonds. The summed E-state index contributed by atoms with van der Waals surface area (Å²) in [6.07, 6.45) is 0.809. The van der Waals surface area contributed by atoms with E-state index in [0.29, 0.717) is 25.8 Å². The van der Waals surface area contributed by atoms with Gasteiger partial charge in [0.25, 0.3) is 0 Å². The summed E-state index contributed by atoms with van der Waals surface area (Å²) in [5.41, 5.74) is -0.711. The highest BCUT2D eigenvalue weighted by atomic mass is 31.2. The summed E-state index contributed by atoms with van der Waals surface area (Å²) in [5.74, 6) is -2.59. The second-order valence-corrected chi connectivity index (χ2v) is 10.3. The van der Waals surface area contributed by atoms with Crippen molar-refractivity contribution in [1.82, 2.24) is 10.2 Å². The second kappa shape index (κ2) is 10.0. The topological polar surface area (TPSA) is 94.2 Å². The van der Waals surface area contributed by atoms with E-state index in [0.717, 1.165) is 14.2 Å². The van der Waals surface area contributed by atoms with Crippen LogP contribution in [0.25, 0.3) is 0 Å². The first-order chi connectivity index (χ1) is 12.9. The first kappa shape index (κ1) is 24.9. The third-order valence-electron chi connectivity index (χ3n) is 4.86. The molecule has 10 heteroatoms. The van der Waals surface area contributed by atoms with Gasteiger partial charge in [0.1, 0.15) is 11.6 Å². The lowest BCUT2D eigenvalue weighted by Crippen LogP contribution is -2.55. The fourth-order valence-corrected chi connectivity index (χ4v) is 4.42. The van der Waals surface area contributed by atoms with Gasteiger partial charge in [0.05, 0.1) is 6.04 Å². The zero-order valence-corrected chi connectivity index (χ0v) is 18.8. The van der Waals surface area contributed by atoms with Gasteiger partial charge in [0.2, 0.25) is 11.8 Å². The number of likely N-dealkylation sites (tertiary alicyclic amines) is 1. The molecule has 4 atom stereocenters. The van der Waals surface area contributed by atoms with E-state index >= 15 is 0 Å². The van der Waals surface area contributed by atoms with Crippen molar-refractivity contribution in [2.75, 3.05) is 20.8 Å². The van der Waals surface area contributed by atoms with Gasteiger partial charge in [-0.2, -0.15) is 0 Å². The Hall–Kier alpha value is -1.18. The van der Waals surface area contributed by atoms with E-state index in [4.69, 9.17) is 13.8 Å². The van der Waals surface area contributed by atoms with Crippen LogP contribution >= 0.6 is 7.60 Å². The van der Waals surface area contributed by atoms with Gasteiger partial charge in [0.15, 0.2) is 0 Å². The summed E-state index contributed by atoms with van der Waals surface area (Å²) in [5, 5.41) is 2.62. The van der Waals surface area contributed by atoms with E-state index < -0.39 is 43.2 Å². The number of alkyl carbamates (subject to hydrolysis) is 1. The first-order valence-electron chi connectivity index (χ1n) is 9.55.